The summed E-state index contributed by atoms with van der Waals surface area (Å²) in [5.74, 6) is 0.792. The van der Waals surface area contributed by atoms with Crippen molar-refractivity contribution in [3.8, 4) is 0 Å². The van der Waals surface area contributed by atoms with Gasteiger partial charge in [0.25, 0.3) is 0 Å². The standard InChI is InChI=1S/C15H34N2/c1-5-6-7-8-9-10-15(13-16)17(4)12-11-14(2)3/h14-15H,5-13,16H2,1-4H3. The van der Waals surface area contributed by atoms with Gasteiger partial charge >= 0.3 is 0 Å². The predicted octanol–water partition coefficient (Wildman–Crippen LogP) is 3.65. The van der Waals surface area contributed by atoms with E-state index < -0.39 is 0 Å². The third-order valence-electron chi connectivity index (χ3n) is 3.60. The van der Waals surface area contributed by atoms with E-state index in [0.717, 1.165) is 12.5 Å². The van der Waals surface area contributed by atoms with Gasteiger partial charge in [0.15, 0.2) is 0 Å². The third-order valence-corrected chi connectivity index (χ3v) is 3.60. The molecule has 0 aliphatic rings. The molecule has 1 atom stereocenters. The summed E-state index contributed by atoms with van der Waals surface area (Å²) < 4.78 is 0. The normalized spacial score (nSPS) is 13.6. The highest BCUT2D eigenvalue weighted by Gasteiger charge is 2.12. The molecule has 0 aliphatic carbocycles. The summed E-state index contributed by atoms with van der Waals surface area (Å²) in [6, 6.07) is 0.593. The van der Waals surface area contributed by atoms with Crippen LogP contribution < -0.4 is 5.73 Å². The highest BCUT2D eigenvalue weighted by Crippen LogP contribution is 2.11. The number of hydrogen-bond acceptors (Lipinski definition) is 2. The molecule has 1 unspecified atom stereocenters. The van der Waals surface area contributed by atoms with Gasteiger partial charge in [0.1, 0.15) is 0 Å². The first kappa shape index (κ1) is 16.9. The fraction of sp³-hybridized carbons (Fsp3) is 1.00. The minimum absolute atomic E-state index is 0.593. The van der Waals surface area contributed by atoms with Crippen molar-refractivity contribution in [1.29, 1.82) is 0 Å². The lowest BCUT2D eigenvalue weighted by Gasteiger charge is -2.27. The number of likely N-dealkylation sites (N-methyl/N-ethyl adjacent to an activating group) is 1. The van der Waals surface area contributed by atoms with Gasteiger partial charge in [-0.2, -0.15) is 0 Å². The van der Waals surface area contributed by atoms with Crippen LogP contribution in [-0.4, -0.2) is 31.1 Å². The minimum Gasteiger partial charge on any atom is -0.329 e. The molecule has 0 saturated carbocycles. The van der Waals surface area contributed by atoms with Crippen LogP contribution in [0, 0.1) is 5.92 Å². The van der Waals surface area contributed by atoms with Crippen LogP contribution >= 0.6 is 0 Å². The number of unbranched alkanes of at least 4 members (excludes halogenated alkanes) is 4. The first-order valence-corrected chi connectivity index (χ1v) is 7.52. The molecular weight excluding hydrogens is 208 g/mol. The highest BCUT2D eigenvalue weighted by molar-refractivity contribution is 4.70. The zero-order chi connectivity index (χ0) is 13.1. The molecule has 2 heteroatoms. The Morgan fingerprint density at radius 3 is 2.18 bits per heavy atom. The summed E-state index contributed by atoms with van der Waals surface area (Å²) in [4.78, 5) is 2.46. The molecule has 2 nitrogen and oxygen atoms in total. The van der Waals surface area contributed by atoms with E-state index in [-0.39, 0.29) is 0 Å². The summed E-state index contributed by atoms with van der Waals surface area (Å²) in [5.41, 5.74) is 5.88. The van der Waals surface area contributed by atoms with Gasteiger partial charge in [0.05, 0.1) is 0 Å². The van der Waals surface area contributed by atoms with E-state index in [0.29, 0.717) is 6.04 Å². The smallest absolute Gasteiger partial charge is 0.0215 e. The Balaban J connectivity index is 3.65. The second-order valence-corrected chi connectivity index (χ2v) is 5.76. The highest BCUT2D eigenvalue weighted by atomic mass is 15.1. The maximum absolute atomic E-state index is 5.88. The first-order chi connectivity index (χ1) is 8.11. The van der Waals surface area contributed by atoms with E-state index in [4.69, 9.17) is 5.73 Å². The van der Waals surface area contributed by atoms with Crippen molar-refractivity contribution in [2.24, 2.45) is 11.7 Å². The lowest BCUT2D eigenvalue weighted by molar-refractivity contribution is 0.219. The molecule has 2 N–H and O–H groups in total. The fourth-order valence-corrected chi connectivity index (χ4v) is 2.15. The molecule has 0 heterocycles. The van der Waals surface area contributed by atoms with E-state index in [1.54, 1.807) is 0 Å². The molecule has 0 radical (unpaired) electrons. The summed E-state index contributed by atoms with van der Waals surface area (Å²) in [6.07, 6.45) is 9.38. The van der Waals surface area contributed by atoms with Crippen LogP contribution in [-0.2, 0) is 0 Å². The van der Waals surface area contributed by atoms with Crippen molar-refractivity contribution in [2.45, 2.75) is 71.8 Å². The van der Waals surface area contributed by atoms with Crippen molar-refractivity contribution in [3.05, 3.63) is 0 Å². The van der Waals surface area contributed by atoms with Crippen LogP contribution in [0.3, 0.4) is 0 Å². The predicted molar refractivity (Wildman–Crippen MR) is 78.3 cm³/mol. The van der Waals surface area contributed by atoms with Crippen LogP contribution in [0.15, 0.2) is 0 Å². The second-order valence-electron chi connectivity index (χ2n) is 5.76. The zero-order valence-corrected chi connectivity index (χ0v) is 12.5. The van der Waals surface area contributed by atoms with Gasteiger partial charge in [-0.15, -0.1) is 0 Å². The summed E-state index contributed by atoms with van der Waals surface area (Å²) >= 11 is 0. The number of nitrogens with zero attached hydrogens (tertiary/aromatic N) is 1. The topological polar surface area (TPSA) is 29.3 Å². The van der Waals surface area contributed by atoms with E-state index in [1.165, 1.54) is 51.5 Å². The quantitative estimate of drug-likeness (QED) is 0.560. The molecule has 0 spiro atoms. The molecule has 0 amide bonds. The monoisotopic (exact) mass is 242 g/mol. The lowest BCUT2D eigenvalue weighted by Crippen LogP contribution is -2.38. The van der Waals surface area contributed by atoms with Crippen molar-refractivity contribution >= 4 is 0 Å². The maximum atomic E-state index is 5.88. The third kappa shape index (κ3) is 9.61. The van der Waals surface area contributed by atoms with Crippen LogP contribution in [0.25, 0.3) is 0 Å². The van der Waals surface area contributed by atoms with E-state index >= 15 is 0 Å². The molecule has 0 saturated heterocycles. The zero-order valence-electron chi connectivity index (χ0n) is 12.5. The number of hydrogen-bond donors (Lipinski definition) is 1. The van der Waals surface area contributed by atoms with Crippen molar-refractivity contribution < 1.29 is 0 Å². The summed E-state index contributed by atoms with van der Waals surface area (Å²) in [5, 5.41) is 0. The molecule has 104 valence electrons. The average Bonchev–Trinajstić information content (AvgIpc) is 2.31. The minimum atomic E-state index is 0.593. The van der Waals surface area contributed by atoms with Crippen molar-refractivity contribution in [1.82, 2.24) is 4.90 Å². The van der Waals surface area contributed by atoms with Gasteiger partial charge in [-0.1, -0.05) is 52.9 Å². The van der Waals surface area contributed by atoms with Crippen LogP contribution in [0.1, 0.15) is 65.7 Å². The van der Waals surface area contributed by atoms with Gasteiger partial charge in [-0.3, -0.25) is 0 Å². The molecule has 0 aromatic rings. The molecule has 0 aliphatic heterocycles. The number of nitrogens with two attached hydrogens (primary N) is 1. The second kappa shape index (κ2) is 11.0. The van der Waals surface area contributed by atoms with Gasteiger partial charge in [0, 0.05) is 12.6 Å². The van der Waals surface area contributed by atoms with Crippen molar-refractivity contribution in [2.75, 3.05) is 20.1 Å². The molecule has 0 bridgehead atoms. The van der Waals surface area contributed by atoms with E-state index in [1.807, 2.05) is 0 Å². The van der Waals surface area contributed by atoms with E-state index in [2.05, 4.69) is 32.7 Å². The van der Waals surface area contributed by atoms with Gasteiger partial charge in [0.2, 0.25) is 0 Å². The Hall–Kier alpha value is -0.0800. The average molecular weight is 242 g/mol. The van der Waals surface area contributed by atoms with Gasteiger partial charge in [-0.25, -0.2) is 0 Å². The van der Waals surface area contributed by atoms with Crippen LogP contribution in [0.2, 0.25) is 0 Å². The van der Waals surface area contributed by atoms with Gasteiger partial charge < -0.3 is 10.6 Å². The molecule has 0 rings (SSSR count). The Bertz CT molecular complexity index is 157. The summed E-state index contributed by atoms with van der Waals surface area (Å²) in [7, 11) is 2.23. The SMILES string of the molecule is CCCCCCCC(CN)N(C)CCC(C)C. The van der Waals surface area contributed by atoms with Gasteiger partial charge in [-0.05, 0) is 32.4 Å². The largest absolute Gasteiger partial charge is 0.329 e. The molecule has 0 aromatic carbocycles. The molecule has 0 fully saturated rings. The lowest BCUT2D eigenvalue weighted by atomic mass is 10.0. The Morgan fingerprint density at radius 1 is 1.00 bits per heavy atom. The first-order valence-electron chi connectivity index (χ1n) is 7.52. The van der Waals surface area contributed by atoms with E-state index in [9.17, 15) is 0 Å². The van der Waals surface area contributed by atoms with Crippen molar-refractivity contribution in [3.63, 3.8) is 0 Å². The Kier molecular flexibility index (Phi) is 11.0. The van der Waals surface area contributed by atoms with Crippen LogP contribution in [0.5, 0.6) is 0 Å². The van der Waals surface area contributed by atoms with Crippen LogP contribution in [0.4, 0.5) is 0 Å². The summed E-state index contributed by atoms with van der Waals surface area (Å²) in [6.45, 7) is 8.84. The number of rotatable bonds is 11. The molecule has 0 aromatic heterocycles. The molecule has 17 heavy (non-hydrogen) atoms. The maximum Gasteiger partial charge on any atom is 0.0215 e. The molecular formula is C15H34N2. The Labute approximate surface area is 109 Å². The Morgan fingerprint density at radius 2 is 1.65 bits per heavy atom. The fourth-order valence-electron chi connectivity index (χ4n) is 2.15.